The van der Waals surface area contributed by atoms with Gasteiger partial charge in [-0.15, -0.1) is 0 Å². The fraction of sp³-hybridized carbons (Fsp3) is 0.0769. The van der Waals surface area contributed by atoms with E-state index in [0.29, 0.717) is 16.6 Å². The van der Waals surface area contributed by atoms with E-state index in [9.17, 15) is 4.79 Å². The third-order valence-corrected chi connectivity index (χ3v) is 3.51. The maximum atomic E-state index is 11.7. The molecule has 0 aliphatic rings. The van der Waals surface area contributed by atoms with E-state index in [1.54, 1.807) is 36.5 Å². The molecule has 0 aliphatic heterocycles. The zero-order chi connectivity index (χ0) is 14.5. The second-order valence-electron chi connectivity index (χ2n) is 3.77. The Hall–Kier alpha value is -1.11. The van der Waals surface area contributed by atoms with Crippen LogP contribution in [0.3, 0.4) is 0 Å². The number of rotatable bonds is 4. The van der Waals surface area contributed by atoms with Gasteiger partial charge in [0.1, 0.15) is 11.6 Å². The van der Waals surface area contributed by atoms with Crippen LogP contribution in [0.4, 0.5) is 5.82 Å². The van der Waals surface area contributed by atoms with Gasteiger partial charge in [-0.1, -0.05) is 27.5 Å². The molecule has 0 spiro atoms. The van der Waals surface area contributed by atoms with Crippen molar-refractivity contribution in [2.24, 2.45) is 0 Å². The van der Waals surface area contributed by atoms with Crippen molar-refractivity contribution in [3.8, 4) is 5.75 Å². The molecule has 1 aromatic carbocycles. The van der Waals surface area contributed by atoms with Gasteiger partial charge >= 0.3 is 0 Å². The van der Waals surface area contributed by atoms with Crippen LogP contribution >= 0.6 is 43.5 Å². The van der Waals surface area contributed by atoms with Crippen LogP contribution in [0.15, 0.2) is 45.5 Å². The number of hydrogen-bond donors (Lipinski definition) is 1. The molecule has 7 heteroatoms. The summed E-state index contributed by atoms with van der Waals surface area (Å²) in [5.74, 6) is 0.608. The second kappa shape index (κ2) is 7.06. The molecule has 0 fully saturated rings. The first-order valence-electron chi connectivity index (χ1n) is 5.54. The molecule has 0 saturated carbocycles. The Labute approximate surface area is 137 Å². The molecular weight excluding hydrogens is 411 g/mol. The highest BCUT2D eigenvalue weighted by Gasteiger charge is 2.07. The number of pyridine rings is 1. The average molecular weight is 420 g/mol. The third-order valence-electron chi connectivity index (χ3n) is 2.25. The van der Waals surface area contributed by atoms with Crippen molar-refractivity contribution < 1.29 is 9.53 Å². The molecular formula is C13H9Br2ClN2O2. The van der Waals surface area contributed by atoms with Gasteiger partial charge in [-0.05, 0) is 46.3 Å². The summed E-state index contributed by atoms with van der Waals surface area (Å²) < 4.78 is 7.03. The molecule has 1 aromatic heterocycles. The molecule has 104 valence electrons. The minimum atomic E-state index is -0.307. The first-order valence-corrected chi connectivity index (χ1v) is 7.50. The number of nitrogens with zero attached hydrogens (tertiary/aromatic N) is 1. The summed E-state index contributed by atoms with van der Waals surface area (Å²) in [6.07, 6.45) is 1.60. The summed E-state index contributed by atoms with van der Waals surface area (Å²) in [5, 5.41) is 3.06. The van der Waals surface area contributed by atoms with E-state index in [1.807, 2.05) is 0 Å². The number of amides is 1. The molecule has 0 radical (unpaired) electrons. The van der Waals surface area contributed by atoms with Crippen LogP contribution in [0.25, 0.3) is 0 Å². The monoisotopic (exact) mass is 418 g/mol. The average Bonchev–Trinajstić information content (AvgIpc) is 2.40. The Morgan fingerprint density at radius 1 is 1.25 bits per heavy atom. The number of hydrogen-bond acceptors (Lipinski definition) is 3. The molecule has 0 bridgehead atoms. The summed E-state index contributed by atoms with van der Waals surface area (Å²) in [5.41, 5.74) is 0. The number of ether oxygens (including phenoxy) is 1. The van der Waals surface area contributed by atoms with Crippen molar-refractivity contribution in [2.45, 2.75) is 0 Å². The number of carbonyl (C=O) groups excluding carboxylic acids is 1. The first kappa shape index (κ1) is 15.3. The van der Waals surface area contributed by atoms with Crippen LogP contribution in [0, 0.1) is 0 Å². The molecule has 0 unspecified atom stereocenters. The van der Waals surface area contributed by atoms with Crippen molar-refractivity contribution in [1.82, 2.24) is 4.98 Å². The van der Waals surface area contributed by atoms with Gasteiger partial charge in [0.2, 0.25) is 0 Å². The molecule has 0 atom stereocenters. The van der Waals surface area contributed by atoms with Crippen molar-refractivity contribution in [3.63, 3.8) is 0 Å². The summed E-state index contributed by atoms with van der Waals surface area (Å²) in [4.78, 5) is 15.7. The summed E-state index contributed by atoms with van der Waals surface area (Å²) in [6, 6.07) is 8.65. The Bertz CT molecular complexity index is 620. The van der Waals surface area contributed by atoms with Crippen molar-refractivity contribution >= 4 is 55.2 Å². The Morgan fingerprint density at radius 2 is 2.00 bits per heavy atom. The van der Waals surface area contributed by atoms with E-state index in [0.717, 1.165) is 8.95 Å². The molecule has 2 rings (SSSR count). The second-order valence-corrected chi connectivity index (χ2v) is 6.01. The Morgan fingerprint density at radius 3 is 2.65 bits per heavy atom. The lowest BCUT2D eigenvalue weighted by atomic mass is 10.3. The predicted octanol–water partition coefficient (Wildman–Crippen LogP) is 4.28. The lowest BCUT2D eigenvalue weighted by Gasteiger charge is -2.08. The highest BCUT2D eigenvalue weighted by Crippen LogP contribution is 2.27. The van der Waals surface area contributed by atoms with E-state index in [-0.39, 0.29) is 12.5 Å². The van der Waals surface area contributed by atoms with E-state index in [2.05, 4.69) is 42.2 Å². The van der Waals surface area contributed by atoms with Gasteiger partial charge in [0, 0.05) is 15.1 Å². The number of anilines is 1. The maximum Gasteiger partial charge on any atom is 0.263 e. The number of nitrogens with one attached hydrogen (secondary N) is 1. The maximum absolute atomic E-state index is 11.7. The SMILES string of the molecule is O=C(COc1ccc(Br)cc1Cl)Nc1ccc(Br)cn1. The Balaban J connectivity index is 1.90. The lowest BCUT2D eigenvalue weighted by molar-refractivity contribution is -0.118. The normalized spacial score (nSPS) is 10.2. The third kappa shape index (κ3) is 4.47. The topological polar surface area (TPSA) is 51.2 Å². The summed E-state index contributed by atoms with van der Waals surface area (Å²) in [6.45, 7) is -0.140. The zero-order valence-corrected chi connectivity index (χ0v) is 14.0. The highest BCUT2D eigenvalue weighted by molar-refractivity contribution is 9.10. The zero-order valence-electron chi connectivity index (χ0n) is 10.1. The smallest absolute Gasteiger partial charge is 0.263 e. The van der Waals surface area contributed by atoms with E-state index in [1.165, 1.54) is 0 Å². The first-order chi connectivity index (χ1) is 9.54. The summed E-state index contributed by atoms with van der Waals surface area (Å²) in [7, 11) is 0. The van der Waals surface area contributed by atoms with Crippen LogP contribution in [0.5, 0.6) is 5.75 Å². The fourth-order valence-corrected chi connectivity index (χ4v) is 2.33. The van der Waals surface area contributed by atoms with Gasteiger partial charge in [0.25, 0.3) is 5.91 Å². The molecule has 1 N–H and O–H groups in total. The quantitative estimate of drug-likeness (QED) is 0.803. The van der Waals surface area contributed by atoms with Gasteiger partial charge in [-0.2, -0.15) is 0 Å². The van der Waals surface area contributed by atoms with Gasteiger partial charge in [-0.25, -0.2) is 4.98 Å². The number of aromatic nitrogens is 1. The van der Waals surface area contributed by atoms with E-state index >= 15 is 0 Å². The molecule has 0 saturated heterocycles. The molecule has 2 aromatic rings. The molecule has 1 heterocycles. The number of carbonyl (C=O) groups is 1. The molecule has 1 amide bonds. The largest absolute Gasteiger partial charge is 0.482 e. The van der Waals surface area contributed by atoms with Crippen molar-refractivity contribution in [1.29, 1.82) is 0 Å². The number of benzene rings is 1. The van der Waals surface area contributed by atoms with Crippen LogP contribution in [-0.2, 0) is 4.79 Å². The fourth-order valence-electron chi connectivity index (χ4n) is 1.36. The van der Waals surface area contributed by atoms with Gasteiger partial charge in [0.15, 0.2) is 6.61 Å². The minimum absolute atomic E-state index is 0.140. The van der Waals surface area contributed by atoms with E-state index in [4.69, 9.17) is 16.3 Å². The highest BCUT2D eigenvalue weighted by atomic mass is 79.9. The van der Waals surface area contributed by atoms with Crippen molar-refractivity contribution in [3.05, 3.63) is 50.5 Å². The minimum Gasteiger partial charge on any atom is -0.482 e. The van der Waals surface area contributed by atoms with Crippen LogP contribution in [0.2, 0.25) is 5.02 Å². The van der Waals surface area contributed by atoms with Gasteiger partial charge in [-0.3, -0.25) is 4.79 Å². The molecule has 4 nitrogen and oxygen atoms in total. The van der Waals surface area contributed by atoms with Crippen molar-refractivity contribution in [2.75, 3.05) is 11.9 Å². The Kier molecular flexibility index (Phi) is 5.39. The van der Waals surface area contributed by atoms with Crippen LogP contribution in [0.1, 0.15) is 0 Å². The van der Waals surface area contributed by atoms with Gasteiger partial charge < -0.3 is 10.1 Å². The van der Waals surface area contributed by atoms with Crippen LogP contribution in [-0.4, -0.2) is 17.5 Å². The molecule has 0 aliphatic carbocycles. The van der Waals surface area contributed by atoms with Gasteiger partial charge in [0.05, 0.1) is 5.02 Å². The standard InChI is InChI=1S/C13H9Br2ClN2O2/c14-8-1-3-11(10(16)5-8)20-7-13(19)18-12-4-2-9(15)6-17-12/h1-6H,7H2,(H,17,18,19). The lowest BCUT2D eigenvalue weighted by Crippen LogP contribution is -2.20. The summed E-state index contributed by atoms with van der Waals surface area (Å²) >= 11 is 12.5. The number of halogens is 3. The predicted molar refractivity (Wildman–Crippen MR) is 85.2 cm³/mol. The molecule has 20 heavy (non-hydrogen) atoms. The van der Waals surface area contributed by atoms with Crippen LogP contribution < -0.4 is 10.1 Å². The van der Waals surface area contributed by atoms with E-state index < -0.39 is 0 Å².